The number of amides is 1. The highest BCUT2D eigenvalue weighted by Gasteiger charge is 2.18. The molecule has 4 aromatic rings. The lowest BCUT2D eigenvalue weighted by Crippen LogP contribution is -2.17. The molecule has 0 saturated carbocycles. The van der Waals surface area contributed by atoms with E-state index in [9.17, 15) is 9.59 Å². The number of methoxy groups -OCH3 is 2. The molecular weight excluding hydrogens is 486 g/mol. The molecule has 4 rings (SSSR count). The Morgan fingerprint density at radius 1 is 1.05 bits per heavy atom. The minimum absolute atomic E-state index is 0.250. The van der Waals surface area contributed by atoms with Crippen LogP contribution in [0.15, 0.2) is 67.0 Å². The van der Waals surface area contributed by atoms with Crippen molar-refractivity contribution in [1.29, 1.82) is 0 Å². The number of esters is 1. The van der Waals surface area contributed by atoms with Gasteiger partial charge >= 0.3 is 5.97 Å². The molecular formula is C28H29N5O5. The summed E-state index contributed by atoms with van der Waals surface area (Å²) in [7, 11) is 3.13. The number of hydrogen-bond acceptors (Lipinski definition) is 8. The lowest BCUT2D eigenvalue weighted by molar-refractivity contribution is -0.137. The van der Waals surface area contributed by atoms with Crippen molar-refractivity contribution < 1.29 is 23.8 Å². The van der Waals surface area contributed by atoms with Crippen LogP contribution in [0.25, 0.3) is 11.7 Å². The van der Waals surface area contributed by atoms with Crippen LogP contribution in [0.1, 0.15) is 28.4 Å². The number of imidazole rings is 1. The zero-order valence-corrected chi connectivity index (χ0v) is 21.4. The Morgan fingerprint density at radius 2 is 1.76 bits per heavy atom. The monoisotopic (exact) mass is 515 g/mol. The molecule has 0 saturated heterocycles. The van der Waals surface area contributed by atoms with E-state index in [-0.39, 0.29) is 11.5 Å². The number of anilines is 3. The number of pyridine rings is 1. The van der Waals surface area contributed by atoms with Crippen LogP contribution in [0, 0.1) is 0 Å². The van der Waals surface area contributed by atoms with Crippen LogP contribution in [0.5, 0.6) is 11.5 Å². The molecule has 0 unspecified atom stereocenters. The standard InChI is InChI=1S/C28H29N5O5/c1-4-38-25(34)10-9-18-5-7-19(8-6-18)17-31-24-16-23(26(27(29)35)28-30-11-12-33(24)28)32-20-13-21(36-2)15-22(14-20)37-3/h5-16,31-32H,4,17H2,1-3H3,(H2,29,35)/b10-9+. The number of nitrogens with two attached hydrogens (primary N) is 1. The van der Waals surface area contributed by atoms with Crippen molar-refractivity contribution >= 4 is 40.8 Å². The number of carbonyl (C=O) groups is 2. The summed E-state index contributed by atoms with van der Waals surface area (Å²) in [5, 5.41) is 6.67. The van der Waals surface area contributed by atoms with E-state index in [0.717, 1.165) is 11.1 Å². The maximum absolute atomic E-state index is 12.4. The van der Waals surface area contributed by atoms with E-state index < -0.39 is 5.91 Å². The minimum Gasteiger partial charge on any atom is -0.497 e. The maximum atomic E-state index is 12.4. The Balaban J connectivity index is 1.60. The number of primary amides is 1. The molecule has 0 fully saturated rings. The number of carbonyl (C=O) groups excluding carboxylic acids is 2. The lowest BCUT2D eigenvalue weighted by atomic mass is 10.1. The summed E-state index contributed by atoms with van der Waals surface area (Å²) < 4.78 is 17.4. The fourth-order valence-electron chi connectivity index (χ4n) is 3.89. The van der Waals surface area contributed by atoms with Crippen LogP contribution < -0.4 is 25.8 Å². The van der Waals surface area contributed by atoms with Gasteiger partial charge in [0, 0.05) is 55.0 Å². The van der Waals surface area contributed by atoms with Crippen LogP contribution in [0.2, 0.25) is 0 Å². The third-order valence-corrected chi connectivity index (χ3v) is 5.70. The Bertz CT molecular complexity index is 1460. The molecule has 4 N–H and O–H groups in total. The van der Waals surface area contributed by atoms with Crippen molar-refractivity contribution in [1.82, 2.24) is 9.38 Å². The third-order valence-electron chi connectivity index (χ3n) is 5.70. The van der Waals surface area contributed by atoms with Crippen molar-refractivity contribution in [3.63, 3.8) is 0 Å². The van der Waals surface area contributed by atoms with Gasteiger partial charge in [-0.3, -0.25) is 9.20 Å². The molecule has 2 aromatic carbocycles. The highest BCUT2D eigenvalue weighted by molar-refractivity contribution is 6.05. The van der Waals surface area contributed by atoms with Crippen molar-refractivity contribution in [2.24, 2.45) is 5.73 Å². The molecule has 0 aliphatic carbocycles. The minimum atomic E-state index is -0.614. The van der Waals surface area contributed by atoms with E-state index in [1.54, 1.807) is 68.3 Å². The smallest absolute Gasteiger partial charge is 0.330 e. The average Bonchev–Trinajstić information content (AvgIpc) is 3.40. The van der Waals surface area contributed by atoms with Crippen molar-refractivity contribution in [2.75, 3.05) is 31.5 Å². The molecule has 10 heteroatoms. The summed E-state index contributed by atoms with van der Waals surface area (Å²) in [5.41, 5.74) is 9.45. The van der Waals surface area contributed by atoms with Gasteiger partial charge in [0.25, 0.3) is 5.91 Å². The second-order valence-electron chi connectivity index (χ2n) is 8.21. The Kier molecular flexibility index (Phi) is 8.12. The second-order valence-corrected chi connectivity index (χ2v) is 8.21. The molecule has 196 valence electrons. The van der Waals surface area contributed by atoms with Crippen LogP contribution in [0.3, 0.4) is 0 Å². The lowest BCUT2D eigenvalue weighted by Gasteiger charge is -2.17. The van der Waals surface area contributed by atoms with Gasteiger partial charge < -0.3 is 30.6 Å². The Morgan fingerprint density at radius 3 is 2.39 bits per heavy atom. The molecule has 0 bridgehead atoms. The van der Waals surface area contributed by atoms with E-state index in [1.165, 1.54) is 6.08 Å². The molecule has 2 heterocycles. The summed E-state index contributed by atoms with van der Waals surface area (Å²) in [6.07, 6.45) is 6.47. The number of nitrogens with one attached hydrogen (secondary N) is 2. The summed E-state index contributed by atoms with van der Waals surface area (Å²) in [5.74, 6) is 0.892. The molecule has 0 aliphatic rings. The fourth-order valence-corrected chi connectivity index (χ4v) is 3.89. The van der Waals surface area contributed by atoms with Crippen LogP contribution >= 0.6 is 0 Å². The van der Waals surface area contributed by atoms with Crippen molar-refractivity contribution in [2.45, 2.75) is 13.5 Å². The van der Waals surface area contributed by atoms with E-state index >= 15 is 0 Å². The first-order valence-corrected chi connectivity index (χ1v) is 11.9. The number of rotatable bonds is 11. The van der Waals surface area contributed by atoms with Gasteiger partial charge in [-0.15, -0.1) is 0 Å². The molecule has 0 radical (unpaired) electrons. The first kappa shape index (κ1) is 26.1. The van der Waals surface area contributed by atoms with E-state index in [1.807, 2.05) is 24.3 Å². The SMILES string of the molecule is CCOC(=O)/C=C/c1ccc(CNc2cc(Nc3cc(OC)cc(OC)c3)c(C(N)=O)c3nccn23)cc1. The van der Waals surface area contributed by atoms with Crippen molar-refractivity contribution in [3.05, 3.63) is 83.7 Å². The van der Waals surface area contributed by atoms with E-state index in [0.29, 0.717) is 47.5 Å². The average molecular weight is 516 g/mol. The van der Waals surface area contributed by atoms with Gasteiger partial charge in [0.2, 0.25) is 0 Å². The summed E-state index contributed by atoms with van der Waals surface area (Å²) in [6.45, 7) is 2.60. The Labute approximate surface area is 220 Å². The number of hydrogen-bond donors (Lipinski definition) is 3. The number of ether oxygens (including phenoxy) is 3. The molecule has 0 spiro atoms. The highest BCUT2D eigenvalue weighted by atomic mass is 16.5. The van der Waals surface area contributed by atoms with Gasteiger partial charge in [-0.05, 0) is 24.1 Å². The van der Waals surface area contributed by atoms with E-state index in [4.69, 9.17) is 19.9 Å². The first-order valence-electron chi connectivity index (χ1n) is 11.9. The molecule has 2 aromatic heterocycles. The summed E-state index contributed by atoms with van der Waals surface area (Å²) in [4.78, 5) is 28.3. The zero-order chi connectivity index (χ0) is 27.1. The number of nitrogens with zero attached hydrogens (tertiary/aromatic N) is 2. The van der Waals surface area contributed by atoms with Crippen molar-refractivity contribution in [3.8, 4) is 11.5 Å². The zero-order valence-electron chi connectivity index (χ0n) is 21.4. The predicted molar refractivity (Wildman–Crippen MR) is 146 cm³/mol. The fraction of sp³-hybridized carbons (Fsp3) is 0.179. The number of fused-ring (bicyclic) bond motifs is 1. The van der Waals surface area contributed by atoms with Crippen LogP contribution in [-0.2, 0) is 16.1 Å². The van der Waals surface area contributed by atoms with Gasteiger partial charge in [0.1, 0.15) is 22.9 Å². The molecule has 38 heavy (non-hydrogen) atoms. The quantitative estimate of drug-likeness (QED) is 0.198. The number of aromatic nitrogens is 2. The largest absolute Gasteiger partial charge is 0.497 e. The number of benzene rings is 2. The van der Waals surface area contributed by atoms with Gasteiger partial charge in [0.15, 0.2) is 5.65 Å². The first-order chi connectivity index (χ1) is 18.4. The predicted octanol–water partition coefficient (Wildman–Crippen LogP) is 4.38. The molecule has 1 amide bonds. The highest BCUT2D eigenvalue weighted by Crippen LogP contribution is 2.32. The molecule has 0 aliphatic heterocycles. The maximum Gasteiger partial charge on any atom is 0.330 e. The Hall–Kier alpha value is -4.99. The second kappa shape index (κ2) is 11.8. The van der Waals surface area contributed by atoms with Crippen LogP contribution in [-0.4, -0.2) is 42.1 Å². The van der Waals surface area contributed by atoms with Gasteiger partial charge in [-0.2, -0.15) is 0 Å². The molecule has 0 atom stereocenters. The molecule has 10 nitrogen and oxygen atoms in total. The van der Waals surface area contributed by atoms with E-state index in [2.05, 4.69) is 15.6 Å². The summed E-state index contributed by atoms with van der Waals surface area (Å²) >= 11 is 0. The summed E-state index contributed by atoms with van der Waals surface area (Å²) in [6, 6.07) is 14.9. The van der Waals surface area contributed by atoms with Gasteiger partial charge in [-0.25, -0.2) is 9.78 Å². The van der Waals surface area contributed by atoms with Gasteiger partial charge in [0.05, 0.1) is 26.5 Å². The normalized spacial score (nSPS) is 10.9. The van der Waals surface area contributed by atoms with Crippen LogP contribution in [0.4, 0.5) is 17.2 Å². The third kappa shape index (κ3) is 6.04. The topological polar surface area (TPSA) is 129 Å². The van der Waals surface area contributed by atoms with Gasteiger partial charge in [-0.1, -0.05) is 24.3 Å².